The molecule has 1 atom stereocenters. The Morgan fingerprint density at radius 2 is 2.10 bits per heavy atom. The fourth-order valence-corrected chi connectivity index (χ4v) is 3.15. The number of nitrogens with zero attached hydrogens (tertiary/aromatic N) is 1. The molecule has 1 heterocycles. The number of nitrogens with two attached hydrogens (primary N) is 1. The molecule has 2 rings (SSSR count). The molecule has 0 spiro atoms. The van der Waals surface area contributed by atoms with E-state index in [9.17, 15) is 9.18 Å². The number of nitrogens with one attached hydrogen (secondary N) is 1. The second-order valence-corrected chi connectivity index (χ2v) is 5.74. The Bertz CT molecular complexity index is 704. The van der Waals surface area contributed by atoms with Gasteiger partial charge in [-0.3, -0.25) is 0 Å². The van der Waals surface area contributed by atoms with Gasteiger partial charge < -0.3 is 0 Å². The summed E-state index contributed by atoms with van der Waals surface area (Å²) in [5.74, 6) is -1.55. The molecule has 0 aliphatic carbocycles. The molecule has 4 N–H and O–H groups in total. The van der Waals surface area contributed by atoms with Crippen LogP contribution in [0.3, 0.4) is 0 Å². The Hall–Kier alpha value is -1.47. The van der Waals surface area contributed by atoms with Crippen molar-refractivity contribution in [3.05, 3.63) is 11.5 Å². The van der Waals surface area contributed by atoms with Crippen molar-refractivity contribution < 1.29 is 48.5 Å². The van der Waals surface area contributed by atoms with Gasteiger partial charge >= 0.3 is 134 Å². The van der Waals surface area contributed by atoms with Crippen LogP contribution in [0.4, 0.5) is 4.39 Å². The monoisotopic (exact) mass is 492 g/mol. The first-order valence-corrected chi connectivity index (χ1v) is 7.33. The second-order valence-electron chi connectivity index (χ2n) is 4.27. The average molecular weight is 492 g/mol. The first kappa shape index (κ1) is 15.9. The Balaban J connectivity index is 2.67. The summed E-state index contributed by atoms with van der Waals surface area (Å²) < 4.78 is 24.9. The predicted octanol–water partition coefficient (Wildman–Crippen LogP) is -0.152. The zero-order chi connectivity index (χ0) is 15.7. The molecule has 0 aliphatic heterocycles. The molecule has 0 saturated carbocycles. The van der Waals surface area contributed by atoms with Crippen molar-refractivity contribution in [3.8, 4) is 11.5 Å². The van der Waals surface area contributed by atoms with Gasteiger partial charge in [0.2, 0.25) is 0 Å². The molecule has 0 radical (unpaired) electrons. The number of benzene rings is 1. The summed E-state index contributed by atoms with van der Waals surface area (Å²) in [6.45, 7) is 0. The van der Waals surface area contributed by atoms with Crippen LogP contribution in [0.1, 0.15) is 5.69 Å². The van der Waals surface area contributed by atoms with Crippen molar-refractivity contribution in [2.24, 2.45) is 5.73 Å². The maximum atomic E-state index is 14.4. The minimum absolute atomic E-state index is 0.0105. The van der Waals surface area contributed by atoms with Crippen LogP contribution < -0.4 is 18.5 Å². The molecule has 0 fully saturated rings. The van der Waals surface area contributed by atoms with Crippen molar-refractivity contribution in [1.29, 1.82) is 0 Å². The fraction of sp³-hybridized carbons (Fsp3) is 0.333. The van der Waals surface area contributed by atoms with E-state index in [-0.39, 0.29) is 17.9 Å². The second kappa shape index (κ2) is 6.11. The number of hydrogen-bond donors (Lipinski definition) is 3. The Labute approximate surface area is 134 Å². The number of carbonyl (C=O) groups is 1. The van der Waals surface area contributed by atoms with Gasteiger partial charge in [-0.15, -0.1) is 0 Å². The Kier molecular flexibility index (Phi) is 4.63. The zero-order valence-corrected chi connectivity index (χ0v) is 14.2. The van der Waals surface area contributed by atoms with Crippen LogP contribution >= 0.6 is 0 Å². The summed E-state index contributed by atoms with van der Waals surface area (Å²) in [5, 5.41) is 16.2. The molecule has 0 amide bonds. The van der Waals surface area contributed by atoms with Crippen LogP contribution in [0.2, 0.25) is 0 Å². The van der Waals surface area contributed by atoms with E-state index in [1.165, 1.54) is 14.2 Å². The van der Waals surface area contributed by atoms with Crippen molar-refractivity contribution in [1.82, 2.24) is 10.2 Å². The van der Waals surface area contributed by atoms with Crippen LogP contribution in [0.15, 0.2) is 0 Å². The number of aromatic amines is 1. The van der Waals surface area contributed by atoms with E-state index < -0.39 is 17.8 Å². The van der Waals surface area contributed by atoms with E-state index in [1.54, 1.807) is 0 Å². The molecule has 1 aromatic heterocycles. The van der Waals surface area contributed by atoms with Crippen molar-refractivity contribution in [3.63, 3.8) is 0 Å². The fourth-order valence-electron chi connectivity index (χ4n) is 2.02. The van der Waals surface area contributed by atoms with Gasteiger partial charge in [-0.25, -0.2) is 0 Å². The molecular formula is C12H13AtFN3O4. The Morgan fingerprint density at radius 1 is 1.48 bits per heavy atom. The molecule has 1 aromatic carbocycles. The standard InChI is InChI=1S/C12H13AtFN3O4/c1-20-10-8(14)7(13)6-5(3-4(15)12(18)19)16-17-9(6)11(10)21-2/h4H,3,15H2,1-2H3,(H,16,17)(H,18,19). The van der Waals surface area contributed by atoms with Crippen LogP contribution in [0.5, 0.6) is 11.5 Å². The van der Waals surface area contributed by atoms with E-state index in [0.717, 1.165) is 24.7 Å². The third-order valence-corrected chi connectivity index (χ3v) is 4.40. The SMILES string of the molecule is COc1c(F)c([At])c2c(CC(N)C(=O)O)[nH]nc2c1OC. The normalized spacial score (nSPS) is 12.4. The van der Waals surface area contributed by atoms with Crippen LogP contribution in [0, 0.1) is 30.5 Å². The number of halogens is 1. The molecule has 1 unspecified atom stereocenters. The number of aromatic nitrogens is 2. The minimum atomic E-state index is -1.14. The number of carboxylic acid groups (broad SMARTS) is 1. The van der Waals surface area contributed by atoms with Crippen molar-refractivity contribution >= 4 is 20.1 Å². The summed E-state index contributed by atoms with van der Waals surface area (Å²) >= 11 is 1.09. The first-order chi connectivity index (χ1) is 9.92. The average Bonchev–Trinajstić information content (AvgIpc) is 2.86. The number of carboxylic acids is 1. The zero-order valence-electron chi connectivity index (χ0n) is 11.2. The van der Waals surface area contributed by atoms with Gasteiger partial charge in [0.15, 0.2) is 0 Å². The van der Waals surface area contributed by atoms with Crippen molar-refractivity contribution in [2.45, 2.75) is 12.5 Å². The van der Waals surface area contributed by atoms with Gasteiger partial charge in [-0.05, 0) is 0 Å². The third-order valence-electron chi connectivity index (χ3n) is 3.02. The molecule has 2 aromatic rings. The summed E-state index contributed by atoms with van der Waals surface area (Å²) in [7, 11) is 2.72. The molecule has 7 nitrogen and oxygen atoms in total. The van der Waals surface area contributed by atoms with Gasteiger partial charge in [-0.1, -0.05) is 0 Å². The van der Waals surface area contributed by atoms with Crippen molar-refractivity contribution in [2.75, 3.05) is 14.2 Å². The number of H-pyrrole nitrogens is 1. The maximum absolute atomic E-state index is 14.4. The van der Waals surface area contributed by atoms with Crippen LogP contribution in [0.25, 0.3) is 10.9 Å². The number of hydrogen-bond acceptors (Lipinski definition) is 5. The summed E-state index contributed by atoms with van der Waals surface area (Å²) in [4.78, 5) is 10.9. The van der Waals surface area contributed by atoms with Gasteiger partial charge in [0, 0.05) is 0 Å². The van der Waals surface area contributed by atoms with Crippen LogP contribution in [-0.4, -0.2) is 41.5 Å². The number of fused-ring (bicyclic) bond motifs is 1. The number of rotatable bonds is 5. The topological polar surface area (TPSA) is 110 Å². The number of methoxy groups -OCH3 is 2. The van der Waals surface area contributed by atoms with E-state index in [2.05, 4.69) is 10.2 Å². The number of aliphatic carboxylic acids is 1. The van der Waals surface area contributed by atoms with E-state index >= 15 is 0 Å². The number of ether oxygens (including phenoxy) is 2. The van der Waals surface area contributed by atoms with E-state index in [4.69, 9.17) is 20.3 Å². The summed E-state index contributed by atoms with van der Waals surface area (Å²) in [6, 6.07) is -1.10. The van der Waals surface area contributed by atoms with Crippen LogP contribution in [-0.2, 0) is 11.2 Å². The molecule has 114 valence electrons. The molecule has 0 aliphatic rings. The molecule has 0 saturated heterocycles. The molecule has 9 heteroatoms. The van der Waals surface area contributed by atoms with Gasteiger partial charge in [0.25, 0.3) is 0 Å². The summed E-state index contributed by atoms with van der Waals surface area (Å²) in [5.41, 5.74) is 6.37. The Morgan fingerprint density at radius 3 is 2.62 bits per heavy atom. The summed E-state index contributed by atoms with van der Waals surface area (Å²) in [6.07, 6.45) is 0.0105. The van der Waals surface area contributed by atoms with Gasteiger partial charge in [0.1, 0.15) is 0 Å². The third kappa shape index (κ3) is 2.67. The predicted molar refractivity (Wildman–Crippen MR) is 68.1 cm³/mol. The van der Waals surface area contributed by atoms with E-state index in [1.807, 2.05) is 0 Å². The van der Waals surface area contributed by atoms with Gasteiger partial charge in [0.05, 0.1) is 0 Å². The molecule has 0 bridgehead atoms. The van der Waals surface area contributed by atoms with Gasteiger partial charge in [-0.2, -0.15) is 0 Å². The molecular weight excluding hydrogens is 479 g/mol. The first-order valence-electron chi connectivity index (χ1n) is 5.86. The van der Waals surface area contributed by atoms with E-state index in [0.29, 0.717) is 19.9 Å². The quantitative estimate of drug-likeness (QED) is 0.536. The molecule has 21 heavy (non-hydrogen) atoms.